The number of carbonyl (C=O) groups excluding carboxylic acids is 2. The molecule has 3 aromatic rings. The van der Waals surface area contributed by atoms with Gasteiger partial charge in [-0.1, -0.05) is 22.0 Å². The Morgan fingerprint density at radius 3 is 2.34 bits per heavy atom. The van der Waals surface area contributed by atoms with Gasteiger partial charge >= 0.3 is 6.18 Å². The number of hydrogen-bond donors (Lipinski definition) is 2. The first-order chi connectivity index (χ1) is 19.2. The number of alkyl halides is 3. The maximum Gasteiger partial charge on any atom is 0.417 e. The van der Waals surface area contributed by atoms with Crippen LogP contribution in [0, 0.1) is 0 Å². The number of carbonyl (C=O) groups is 2. The Kier molecular flexibility index (Phi) is 8.17. The maximum atomic E-state index is 13.9. The average Bonchev–Trinajstić information content (AvgIpc) is 2.92. The Morgan fingerprint density at radius 1 is 1.12 bits per heavy atom. The predicted molar refractivity (Wildman–Crippen MR) is 153 cm³/mol. The van der Waals surface area contributed by atoms with Gasteiger partial charge in [0.1, 0.15) is 0 Å². The van der Waals surface area contributed by atoms with Gasteiger partial charge in [-0.25, -0.2) is 9.55 Å². The van der Waals surface area contributed by atoms with Crippen LogP contribution in [0.25, 0.3) is 5.69 Å². The lowest BCUT2D eigenvalue weighted by Gasteiger charge is -2.35. The summed E-state index contributed by atoms with van der Waals surface area (Å²) in [6.07, 6.45) is -2.84. The molecule has 41 heavy (non-hydrogen) atoms. The maximum absolute atomic E-state index is 13.9. The minimum absolute atomic E-state index is 0.0678. The summed E-state index contributed by atoms with van der Waals surface area (Å²) in [4.78, 5) is 45.5. The van der Waals surface area contributed by atoms with Crippen molar-refractivity contribution in [2.45, 2.75) is 51.5 Å². The monoisotopic (exact) mass is 631 g/mol. The highest BCUT2D eigenvalue weighted by molar-refractivity contribution is 9.10. The minimum Gasteiger partial charge on any atom is -0.355 e. The third-order valence-corrected chi connectivity index (χ3v) is 7.64. The number of aromatic nitrogens is 2. The summed E-state index contributed by atoms with van der Waals surface area (Å²) in [7, 11) is 1.52. The van der Waals surface area contributed by atoms with Gasteiger partial charge in [0.25, 0.3) is 17.4 Å². The molecule has 1 aromatic heterocycles. The number of anilines is 1. The molecule has 8 nitrogen and oxygen atoms in total. The summed E-state index contributed by atoms with van der Waals surface area (Å²) >= 11 is 2.91. The van der Waals surface area contributed by atoms with E-state index in [-0.39, 0.29) is 40.4 Å². The number of hydrogen-bond acceptors (Lipinski definition) is 5. The van der Waals surface area contributed by atoms with Crippen LogP contribution < -0.4 is 16.2 Å². The second-order valence-corrected chi connectivity index (χ2v) is 11.2. The smallest absolute Gasteiger partial charge is 0.355 e. The van der Waals surface area contributed by atoms with Crippen LogP contribution in [0.3, 0.4) is 0 Å². The Morgan fingerprint density at radius 2 is 1.76 bits per heavy atom. The summed E-state index contributed by atoms with van der Waals surface area (Å²) in [5.74, 6) is -0.681. The van der Waals surface area contributed by atoms with Crippen molar-refractivity contribution in [3.8, 4) is 5.69 Å². The van der Waals surface area contributed by atoms with E-state index in [0.717, 1.165) is 6.07 Å². The van der Waals surface area contributed by atoms with Crippen molar-refractivity contribution in [2.24, 2.45) is 0 Å². The van der Waals surface area contributed by atoms with Gasteiger partial charge in [0.15, 0.2) is 0 Å². The van der Waals surface area contributed by atoms with Crippen LogP contribution >= 0.6 is 15.9 Å². The van der Waals surface area contributed by atoms with E-state index in [4.69, 9.17) is 4.98 Å². The number of benzene rings is 2. The molecule has 0 saturated heterocycles. The fourth-order valence-corrected chi connectivity index (χ4v) is 5.01. The average molecular weight is 632 g/mol. The van der Waals surface area contributed by atoms with Gasteiger partial charge in [-0.05, 0) is 69.7 Å². The minimum atomic E-state index is -4.64. The standard InChI is InChI=1S/C29H29BrF3N5O3/c1-6-28(3,4)36-27-35-23-15-37(25(40)18-9-12-22(30)21(14-18)29(31,32)33)16(2)13-20(23)26(41)38(27)19-10-7-17(8-11-19)24(39)34-5/h6-12,14,16H,1,13,15H2,2-5H3,(H,34,39)(H,35,36). The molecule has 2 N–H and O–H groups in total. The highest BCUT2D eigenvalue weighted by Gasteiger charge is 2.36. The van der Waals surface area contributed by atoms with E-state index in [0.29, 0.717) is 22.5 Å². The summed E-state index contributed by atoms with van der Waals surface area (Å²) in [5, 5.41) is 5.77. The highest BCUT2D eigenvalue weighted by atomic mass is 79.9. The SMILES string of the molecule is C=CC(C)(C)Nc1nc2c(c(=O)n1-c1ccc(C(=O)NC)cc1)CC(C)N(C(=O)c1ccc(Br)c(C(F)(F)F)c1)C2. The van der Waals surface area contributed by atoms with Crippen molar-refractivity contribution in [3.63, 3.8) is 0 Å². The predicted octanol–water partition coefficient (Wildman–Crippen LogP) is 5.34. The number of rotatable bonds is 6. The van der Waals surface area contributed by atoms with Crippen molar-refractivity contribution in [2.75, 3.05) is 12.4 Å². The zero-order valence-corrected chi connectivity index (χ0v) is 24.5. The first-order valence-electron chi connectivity index (χ1n) is 12.7. The second kappa shape index (κ2) is 11.2. The van der Waals surface area contributed by atoms with Crippen molar-refractivity contribution < 1.29 is 22.8 Å². The molecule has 1 aliphatic heterocycles. The van der Waals surface area contributed by atoms with Gasteiger partial charge < -0.3 is 15.5 Å². The number of fused-ring (bicyclic) bond motifs is 1. The fraction of sp³-hybridized carbons (Fsp3) is 0.310. The van der Waals surface area contributed by atoms with Crippen LogP contribution in [-0.4, -0.2) is 44.9 Å². The van der Waals surface area contributed by atoms with Gasteiger partial charge in [-0.15, -0.1) is 6.58 Å². The second-order valence-electron chi connectivity index (χ2n) is 10.4. The summed E-state index contributed by atoms with van der Waals surface area (Å²) < 4.78 is 41.7. The van der Waals surface area contributed by atoms with Gasteiger partial charge in [-0.3, -0.25) is 14.4 Å². The topological polar surface area (TPSA) is 96.3 Å². The molecular weight excluding hydrogens is 603 g/mol. The third-order valence-electron chi connectivity index (χ3n) is 6.95. The number of nitrogens with one attached hydrogen (secondary N) is 2. The molecule has 1 atom stereocenters. The zero-order valence-electron chi connectivity index (χ0n) is 22.9. The summed E-state index contributed by atoms with van der Waals surface area (Å²) in [6.45, 7) is 9.18. The number of amides is 2. The zero-order chi connectivity index (χ0) is 30.3. The van der Waals surface area contributed by atoms with Crippen LogP contribution in [0.1, 0.15) is 58.3 Å². The Balaban J connectivity index is 1.79. The largest absolute Gasteiger partial charge is 0.417 e. The molecule has 12 heteroatoms. The molecule has 216 valence electrons. The molecule has 0 saturated carbocycles. The summed E-state index contributed by atoms with van der Waals surface area (Å²) in [6, 6.07) is 9.33. The van der Waals surface area contributed by atoms with Crippen LogP contribution in [0.2, 0.25) is 0 Å². The first-order valence-corrected chi connectivity index (χ1v) is 13.5. The van der Waals surface area contributed by atoms with Crippen LogP contribution in [0.4, 0.5) is 19.1 Å². The lowest BCUT2D eigenvalue weighted by atomic mass is 9.98. The molecule has 1 aliphatic rings. The van der Waals surface area contributed by atoms with E-state index in [1.165, 1.54) is 28.6 Å². The lowest BCUT2D eigenvalue weighted by molar-refractivity contribution is -0.138. The quantitative estimate of drug-likeness (QED) is 0.358. The van der Waals surface area contributed by atoms with Crippen molar-refractivity contribution in [3.05, 3.63) is 97.9 Å². The highest BCUT2D eigenvalue weighted by Crippen LogP contribution is 2.36. The molecule has 0 fully saturated rings. The van der Waals surface area contributed by atoms with E-state index in [9.17, 15) is 27.6 Å². The molecule has 0 aliphatic carbocycles. The van der Waals surface area contributed by atoms with Crippen molar-refractivity contribution in [1.82, 2.24) is 19.8 Å². The van der Waals surface area contributed by atoms with Crippen molar-refractivity contribution >= 4 is 33.7 Å². The molecule has 0 bridgehead atoms. The lowest BCUT2D eigenvalue weighted by Crippen LogP contribution is -2.46. The Labute approximate surface area is 243 Å². The van der Waals surface area contributed by atoms with Gasteiger partial charge in [0.2, 0.25) is 5.95 Å². The molecule has 2 aromatic carbocycles. The molecular formula is C29H29BrF3N5O3. The fourth-order valence-electron chi connectivity index (χ4n) is 4.54. The normalized spacial score (nSPS) is 15.2. The Bertz CT molecular complexity index is 1580. The van der Waals surface area contributed by atoms with Crippen molar-refractivity contribution in [1.29, 1.82) is 0 Å². The van der Waals surface area contributed by atoms with E-state index < -0.39 is 29.2 Å². The van der Waals surface area contributed by atoms with Crippen LogP contribution in [0.5, 0.6) is 0 Å². The van der Waals surface area contributed by atoms with Crippen LogP contribution in [0.15, 0.2) is 64.4 Å². The summed E-state index contributed by atoms with van der Waals surface area (Å²) in [5.41, 5.74) is -0.476. The van der Waals surface area contributed by atoms with Gasteiger partial charge in [-0.2, -0.15) is 13.2 Å². The van der Waals surface area contributed by atoms with E-state index >= 15 is 0 Å². The molecule has 1 unspecified atom stereocenters. The molecule has 0 radical (unpaired) electrons. The molecule has 0 spiro atoms. The van der Waals surface area contributed by atoms with Gasteiger partial charge in [0, 0.05) is 34.3 Å². The van der Waals surface area contributed by atoms with Gasteiger partial charge in [0.05, 0.1) is 29.0 Å². The first kappa shape index (κ1) is 30.0. The molecule has 2 heterocycles. The van der Waals surface area contributed by atoms with E-state index in [1.807, 2.05) is 13.8 Å². The molecule has 2 amide bonds. The Hall–Kier alpha value is -3.93. The molecule has 4 rings (SSSR count). The van der Waals surface area contributed by atoms with E-state index in [1.54, 1.807) is 37.3 Å². The number of halogens is 4. The van der Waals surface area contributed by atoms with Crippen LogP contribution in [-0.2, 0) is 19.1 Å². The number of nitrogens with zero attached hydrogens (tertiary/aromatic N) is 3. The third kappa shape index (κ3) is 6.07. The van der Waals surface area contributed by atoms with E-state index in [2.05, 4.69) is 33.1 Å².